The number of carboxylic acid groups (broad SMARTS) is 2. The number of H-pyrrole nitrogens is 1. The van der Waals surface area contributed by atoms with E-state index in [-0.39, 0.29) is 81.0 Å². The van der Waals surface area contributed by atoms with Gasteiger partial charge in [0, 0.05) is 47.5 Å². The predicted octanol–water partition coefficient (Wildman–Crippen LogP) is -9.10. The van der Waals surface area contributed by atoms with Crippen LogP contribution >= 0.6 is 0 Å². The lowest BCUT2D eigenvalue weighted by molar-refractivity contribution is -0.880. The zero-order valence-electron chi connectivity index (χ0n) is 23.6. The Morgan fingerprint density at radius 3 is 1.75 bits per heavy atom. The second kappa shape index (κ2) is 18.1. The third-order valence-corrected chi connectivity index (χ3v) is 7.07. The number of allylic oxidation sites excluding steroid dienone is 2. The second-order valence-corrected chi connectivity index (χ2v) is 10.1. The first-order chi connectivity index (χ1) is 19.4. The number of aromatic nitrogens is 3. The molecular weight excluding hydrogens is 824 g/mol. The number of aromatic amines is 1. The van der Waals surface area contributed by atoms with E-state index in [1.165, 1.54) is 0 Å². The van der Waals surface area contributed by atoms with E-state index in [1.54, 1.807) is 17.0 Å². The first kappa shape index (κ1) is 39.0. The van der Waals surface area contributed by atoms with E-state index < -0.39 is 11.9 Å². The average Bonchev–Trinajstić information content (AvgIpc) is 2.95. The first-order valence-electron chi connectivity index (χ1n) is 13.1. The van der Waals surface area contributed by atoms with Crippen LogP contribution in [0, 0.1) is 0 Å². The van der Waals surface area contributed by atoms with Gasteiger partial charge in [-0.15, -0.1) is 0 Å². The molecule has 3 aromatic heterocycles. The quantitative estimate of drug-likeness (QED) is 0.123. The fraction of sp³-hybridized carbons (Fsp3) is 0.156. The van der Waals surface area contributed by atoms with Crippen LogP contribution in [0.2, 0.25) is 0 Å². The summed E-state index contributed by atoms with van der Waals surface area (Å²) in [7, 11) is 0. The Kier molecular flexibility index (Phi) is 16.0. The number of nitrogens with zero attached hydrogens (tertiary/aromatic N) is 3. The normalized spacial score (nSPS) is 14.9. The summed E-state index contributed by atoms with van der Waals surface area (Å²) < 4.78 is 4.07. The number of pyridine rings is 3. The highest BCUT2D eigenvalue weighted by molar-refractivity contribution is 5.74. The van der Waals surface area contributed by atoms with E-state index in [1.807, 2.05) is 73.5 Å². The van der Waals surface area contributed by atoms with Crippen molar-refractivity contribution in [2.75, 3.05) is 13.1 Å². The standard InChI is InChI=1S/C32H29N4O4.4BrH/c37-31(38)22-35-17-9-29(10-18-35)28-7-15-34(16-8-28)21-25-1-3-26(4-2-25)23-36(24-32(39)40)19-11-30(12-20-36)27-5-13-33-14-6-27;;;;/h1-19H,20-24H2;4*1H/q+1;;;;/p-1. The maximum atomic E-state index is 11.7. The van der Waals surface area contributed by atoms with Gasteiger partial charge in [0.25, 0.3) is 0 Å². The van der Waals surface area contributed by atoms with Crippen LogP contribution < -0.4 is 82.0 Å². The van der Waals surface area contributed by atoms with Gasteiger partial charge in [-0.3, -0.25) is 4.48 Å². The number of carboxylic acids is 2. The van der Waals surface area contributed by atoms with Gasteiger partial charge in [0.15, 0.2) is 50.3 Å². The van der Waals surface area contributed by atoms with Gasteiger partial charge in [-0.25, -0.2) is 19.1 Å². The molecule has 1 unspecified atom stereocenters. The fourth-order valence-corrected chi connectivity index (χ4v) is 4.99. The van der Waals surface area contributed by atoms with Gasteiger partial charge in [0.2, 0.25) is 6.54 Å². The molecule has 0 bridgehead atoms. The molecule has 0 radical (unpaired) electrons. The summed E-state index contributed by atoms with van der Waals surface area (Å²) in [6.45, 7) is 1.88. The molecule has 1 aliphatic rings. The van der Waals surface area contributed by atoms with E-state index in [0.29, 0.717) is 24.1 Å². The molecule has 0 saturated heterocycles. The molecule has 1 aliphatic heterocycles. The summed E-state index contributed by atoms with van der Waals surface area (Å²) in [5.74, 6) is -1.69. The van der Waals surface area contributed by atoms with Gasteiger partial charge < -0.3 is 78.1 Å². The van der Waals surface area contributed by atoms with Crippen LogP contribution in [-0.4, -0.2) is 39.7 Å². The van der Waals surface area contributed by atoms with Crippen molar-refractivity contribution in [3.8, 4) is 11.1 Å². The molecule has 8 nitrogen and oxygen atoms in total. The summed E-state index contributed by atoms with van der Waals surface area (Å²) in [5.41, 5.74) is 6.51. The third-order valence-electron chi connectivity index (χ3n) is 7.07. The average molecular weight is 856 g/mol. The molecule has 0 aliphatic carbocycles. The predicted molar refractivity (Wildman–Crippen MR) is 147 cm³/mol. The highest BCUT2D eigenvalue weighted by atomic mass is 79.9. The van der Waals surface area contributed by atoms with Crippen LogP contribution in [0.5, 0.6) is 0 Å². The number of halogens is 4. The van der Waals surface area contributed by atoms with E-state index >= 15 is 0 Å². The van der Waals surface area contributed by atoms with Crippen molar-refractivity contribution in [1.29, 1.82) is 0 Å². The molecule has 0 fully saturated rings. The van der Waals surface area contributed by atoms with E-state index in [4.69, 9.17) is 5.11 Å². The maximum Gasteiger partial charge on any atom is 0.370 e. The molecule has 12 heteroatoms. The molecule has 0 amide bonds. The van der Waals surface area contributed by atoms with Crippen molar-refractivity contribution < 1.29 is 106 Å². The molecule has 44 heavy (non-hydrogen) atoms. The number of hydrogen-bond donors (Lipinski definition) is 2. The van der Waals surface area contributed by atoms with Crippen molar-refractivity contribution in [2.45, 2.75) is 19.6 Å². The molecule has 0 spiro atoms. The summed E-state index contributed by atoms with van der Waals surface area (Å²) in [4.78, 5) is 25.6. The number of benzene rings is 1. The number of quaternary nitrogens is 1. The van der Waals surface area contributed by atoms with Crippen molar-refractivity contribution in [1.82, 2.24) is 0 Å². The SMILES string of the molecule is O=C(O)C[n+]1ccc(-c2cc[n+](Cc3ccc(C[N+]4(CC(=O)O)C=CC(c5cc[nH+]cc5)=CC4)cc3)cc2)cc1.[Br-].[Br-].[Br-].[Br-]. The van der Waals surface area contributed by atoms with E-state index in [0.717, 1.165) is 33.4 Å². The zero-order chi connectivity index (χ0) is 28.0. The van der Waals surface area contributed by atoms with Crippen LogP contribution in [0.1, 0.15) is 16.7 Å². The lowest BCUT2D eigenvalue weighted by Gasteiger charge is -2.34. The molecular formula is C32H32Br4N4O4. The van der Waals surface area contributed by atoms with Gasteiger partial charge in [-0.05, 0) is 34.4 Å². The van der Waals surface area contributed by atoms with Gasteiger partial charge in [-0.2, -0.15) is 4.57 Å². The van der Waals surface area contributed by atoms with Gasteiger partial charge in [-0.1, -0.05) is 24.3 Å². The molecule has 3 N–H and O–H groups in total. The maximum absolute atomic E-state index is 11.7. The van der Waals surface area contributed by atoms with Crippen molar-refractivity contribution in [3.05, 3.63) is 133 Å². The number of rotatable bonds is 10. The minimum atomic E-state index is -0.871. The lowest BCUT2D eigenvalue weighted by Crippen LogP contribution is -3.00. The Bertz CT molecular complexity index is 1570. The third kappa shape index (κ3) is 10.6. The molecule has 1 aromatic carbocycles. The van der Waals surface area contributed by atoms with Gasteiger partial charge >= 0.3 is 11.9 Å². The van der Waals surface area contributed by atoms with Crippen LogP contribution in [0.3, 0.4) is 0 Å². The minimum absolute atomic E-state index is 0. The summed E-state index contributed by atoms with van der Waals surface area (Å²) >= 11 is 0. The highest BCUT2D eigenvalue weighted by Gasteiger charge is 2.30. The summed E-state index contributed by atoms with van der Waals surface area (Å²) in [6.07, 6.45) is 17.5. The van der Waals surface area contributed by atoms with Crippen molar-refractivity contribution in [2.24, 2.45) is 0 Å². The van der Waals surface area contributed by atoms with Gasteiger partial charge in [0.05, 0.1) is 6.20 Å². The topological polar surface area (TPSA) is 96.5 Å². The fourth-order valence-electron chi connectivity index (χ4n) is 4.99. The second-order valence-electron chi connectivity index (χ2n) is 10.1. The molecule has 4 heterocycles. The Balaban J connectivity index is 0.00000242. The zero-order valence-corrected chi connectivity index (χ0v) is 29.9. The van der Waals surface area contributed by atoms with Crippen molar-refractivity contribution in [3.63, 3.8) is 0 Å². The Labute approximate surface area is 298 Å². The monoisotopic (exact) mass is 852 g/mol. The van der Waals surface area contributed by atoms with Crippen LogP contribution in [0.4, 0.5) is 0 Å². The van der Waals surface area contributed by atoms with Gasteiger partial charge in [0.1, 0.15) is 13.1 Å². The van der Waals surface area contributed by atoms with Crippen molar-refractivity contribution >= 4 is 17.5 Å². The molecule has 232 valence electrons. The van der Waals surface area contributed by atoms with E-state index in [9.17, 15) is 14.7 Å². The van der Waals surface area contributed by atoms with Crippen LogP contribution in [-0.2, 0) is 29.2 Å². The van der Waals surface area contributed by atoms with Crippen LogP contribution in [0.25, 0.3) is 16.7 Å². The Hall–Kier alpha value is -3.03. The van der Waals surface area contributed by atoms with E-state index in [2.05, 4.69) is 39.9 Å². The highest BCUT2D eigenvalue weighted by Crippen LogP contribution is 2.26. The lowest BCUT2D eigenvalue weighted by atomic mass is 10.0. The number of aliphatic carboxylic acids is 2. The molecule has 1 atom stereocenters. The molecule has 0 saturated carbocycles. The smallest absolute Gasteiger partial charge is 0.370 e. The number of hydrogen-bond acceptors (Lipinski definition) is 2. The Morgan fingerprint density at radius 2 is 1.25 bits per heavy atom. The minimum Gasteiger partial charge on any atom is -1.00 e. The summed E-state index contributed by atoms with van der Waals surface area (Å²) in [6, 6.07) is 20.3. The number of carbonyl (C=O) groups is 2. The van der Waals surface area contributed by atoms with Crippen LogP contribution in [0.15, 0.2) is 116 Å². The summed E-state index contributed by atoms with van der Waals surface area (Å²) in [5, 5.41) is 18.6. The number of nitrogens with one attached hydrogen (secondary N) is 1. The first-order valence-corrected chi connectivity index (χ1v) is 13.1. The largest absolute Gasteiger partial charge is 1.00 e. The Morgan fingerprint density at radius 1 is 0.705 bits per heavy atom. The molecule has 5 rings (SSSR count). The molecule has 4 aromatic rings.